The third-order valence-corrected chi connectivity index (χ3v) is 7.12. The summed E-state index contributed by atoms with van der Waals surface area (Å²) in [5, 5.41) is 11.9. The van der Waals surface area contributed by atoms with Crippen LogP contribution in [0.1, 0.15) is 42.8 Å². The monoisotopic (exact) mass is 454 g/mol. The first kappa shape index (κ1) is 21.6. The number of carbonyl (C=O) groups excluding carboxylic acids is 2. The molecule has 1 aliphatic heterocycles. The van der Waals surface area contributed by atoms with Crippen molar-refractivity contribution in [2.24, 2.45) is 7.05 Å². The van der Waals surface area contributed by atoms with Crippen LogP contribution in [-0.4, -0.2) is 33.9 Å². The van der Waals surface area contributed by atoms with Gasteiger partial charge in [-0.15, -0.1) is 11.8 Å². The van der Waals surface area contributed by atoms with E-state index in [0.717, 1.165) is 16.8 Å². The van der Waals surface area contributed by atoms with Crippen molar-refractivity contribution in [2.75, 3.05) is 22.5 Å². The number of rotatable bonds is 4. The quantitative estimate of drug-likeness (QED) is 0.626. The number of nitrogens with one attached hydrogen (secondary N) is 1. The predicted octanol–water partition coefficient (Wildman–Crippen LogP) is 4.59. The minimum absolute atomic E-state index is 0.00434. The number of aryl methyl sites for hydroxylation is 1. The van der Waals surface area contributed by atoms with Gasteiger partial charge < -0.3 is 5.32 Å². The molecule has 3 aromatic rings. The molecule has 1 unspecified atom stereocenters. The first-order valence-corrected chi connectivity index (χ1v) is 12.1. The number of anilines is 2. The van der Waals surface area contributed by atoms with Crippen LogP contribution in [0.25, 0.3) is 0 Å². The molecule has 31 heavy (non-hydrogen) atoms. The fourth-order valence-electron chi connectivity index (χ4n) is 3.80. The number of hydrogen-bond donors (Lipinski definition) is 1. The van der Waals surface area contributed by atoms with E-state index in [1.54, 1.807) is 32.7 Å². The summed E-state index contributed by atoms with van der Waals surface area (Å²) >= 11 is 3.25. The molecule has 0 radical (unpaired) electrons. The lowest BCUT2D eigenvalue weighted by Crippen LogP contribution is -2.40. The van der Waals surface area contributed by atoms with Gasteiger partial charge >= 0.3 is 0 Å². The molecule has 3 heterocycles. The zero-order valence-electron chi connectivity index (χ0n) is 18.1. The van der Waals surface area contributed by atoms with Crippen LogP contribution in [0.4, 0.5) is 11.5 Å². The summed E-state index contributed by atoms with van der Waals surface area (Å²) in [5.74, 6) is 0.690. The predicted molar refractivity (Wildman–Crippen MR) is 128 cm³/mol. The molecule has 2 aromatic heterocycles. The highest BCUT2D eigenvalue weighted by atomic mass is 32.2. The number of thiophene rings is 1. The summed E-state index contributed by atoms with van der Waals surface area (Å²) in [6, 6.07) is 11.4. The van der Waals surface area contributed by atoms with Gasteiger partial charge in [0.05, 0.1) is 16.7 Å². The molecule has 8 heteroatoms. The summed E-state index contributed by atoms with van der Waals surface area (Å²) < 4.78 is 1.76. The summed E-state index contributed by atoms with van der Waals surface area (Å²) in [4.78, 5) is 27.6. The van der Waals surface area contributed by atoms with E-state index in [2.05, 4.69) is 42.9 Å². The molecule has 162 valence electrons. The smallest absolute Gasteiger partial charge is 0.244 e. The van der Waals surface area contributed by atoms with E-state index >= 15 is 0 Å². The van der Waals surface area contributed by atoms with Crippen molar-refractivity contribution in [1.29, 1.82) is 0 Å². The standard InChI is InChI=1S/C23H26N4O2S2/c1-23(2,3)21-19-20(15-10-11-30-13-15)31-14-18(29)27(22(19)26(4)25-21)12-17(28)24-16-8-6-5-7-9-16/h5-11,13,20H,12,14H2,1-4H3,(H,24,28). The average Bonchev–Trinajstić information content (AvgIpc) is 3.33. The van der Waals surface area contributed by atoms with Crippen LogP contribution >= 0.6 is 23.1 Å². The van der Waals surface area contributed by atoms with Gasteiger partial charge in [0.25, 0.3) is 0 Å². The van der Waals surface area contributed by atoms with Gasteiger partial charge in [-0.2, -0.15) is 16.4 Å². The number of nitrogens with zero attached hydrogens (tertiary/aromatic N) is 3. The fourth-order valence-corrected chi connectivity index (χ4v) is 5.76. The Morgan fingerprint density at radius 1 is 1.23 bits per heavy atom. The SMILES string of the molecule is Cn1nc(C(C)(C)C)c2c1N(CC(=O)Nc1ccccc1)C(=O)CSC2c1ccsc1. The average molecular weight is 455 g/mol. The topological polar surface area (TPSA) is 67.2 Å². The number of thioether (sulfide) groups is 1. The van der Waals surface area contributed by atoms with E-state index in [1.807, 2.05) is 37.4 Å². The number of fused-ring (bicyclic) bond motifs is 1. The molecular formula is C23H26N4O2S2. The molecule has 1 aliphatic rings. The Morgan fingerprint density at radius 2 is 1.97 bits per heavy atom. The normalized spacial score (nSPS) is 16.7. The van der Waals surface area contributed by atoms with Gasteiger partial charge in [0.1, 0.15) is 12.4 Å². The molecule has 0 fully saturated rings. The van der Waals surface area contributed by atoms with Crippen LogP contribution in [0.15, 0.2) is 47.2 Å². The lowest BCUT2D eigenvalue weighted by molar-refractivity contribution is -0.120. The van der Waals surface area contributed by atoms with Crippen molar-refractivity contribution in [3.05, 3.63) is 64.0 Å². The summed E-state index contributed by atoms with van der Waals surface area (Å²) in [6.07, 6.45) is 0. The molecule has 0 aliphatic carbocycles. The first-order valence-electron chi connectivity index (χ1n) is 10.1. The Morgan fingerprint density at radius 3 is 2.61 bits per heavy atom. The number of benzene rings is 1. The van der Waals surface area contributed by atoms with Crippen LogP contribution in [0.5, 0.6) is 0 Å². The van der Waals surface area contributed by atoms with Gasteiger partial charge in [-0.1, -0.05) is 39.0 Å². The summed E-state index contributed by atoms with van der Waals surface area (Å²) in [7, 11) is 1.85. The maximum atomic E-state index is 13.2. The van der Waals surface area contributed by atoms with Crippen LogP contribution in [0, 0.1) is 0 Å². The molecule has 1 N–H and O–H groups in total. The molecule has 6 nitrogen and oxygen atoms in total. The minimum atomic E-state index is -0.233. The largest absolute Gasteiger partial charge is 0.325 e. The second-order valence-corrected chi connectivity index (χ2v) is 10.5. The molecule has 1 aromatic carbocycles. The molecule has 1 atom stereocenters. The number of amides is 2. The van der Waals surface area contributed by atoms with E-state index in [9.17, 15) is 9.59 Å². The van der Waals surface area contributed by atoms with E-state index in [4.69, 9.17) is 5.10 Å². The Labute approximate surface area is 190 Å². The lowest BCUT2D eigenvalue weighted by Gasteiger charge is -2.23. The van der Waals surface area contributed by atoms with Crippen molar-refractivity contribution >= 4 is 46.4 Å². The zero-order chi connectivity index (χ0) is 22.2. The molecule has 4 rings (SSSR count). The van der Waals surface area contributed by atoms with Crippen molar-refractivity contribution in [1.82, 2.24) is 9.78 Å². The number of aromatic nitrogens is 2. The molecule has 0 spiro atoms. The third kappa shape index (κ3) is 4.41. The van der Waals surface area contributed by atoms with Crippen LogP contribution in [-0.2, 0) is 22.1 Å². The fraction of sp³-hybridized carbons (Fsp3) is 0.348. The second-order valence-electron chi connectivity index (χ2n) is 8.60. The molecular weight excluding hydrogens is 428 g/mol. The van der Waals surface area contributed by atoms with Gasteiger partial charge in [0, 0.05) is 23.7 Å². The molecule has 0 saturated heterocycles. The van der Waals surface area contributed by atoms with Crippen molar-refractivity contribution in [2.45, 2.75) is 31.4 Å². The van der Waals surface area contributed by atoms with Crippen LogP contribution < -0.4 is 10.2 Å². The number of hydrogen-bond acceptors (Lipinski definition) is 5. The van der Waals surface area contributed by atoms with Gasteiger partial charge in [-0.25, -0.2) is 0 Å². The van der Waals surface area contributed by atoms with Gasteiger partial charge in [0.2, 0.25) is 11.8 Å². The van der Waals surface area contributed by atoms with E-state index < -0.39 is 0 Å². The highest BCUT2D eigenvalue weighted by Crippen LogP contribution is 2.47. The first-order chi connectivity index (χ1) is 14.8. The van der Waals surface area contributed by atoms with Gasteiger partial charge in [-0.05, 0) is 34.5 Å². The highest BCUT2D eigenvalue weighted by Gasteiger charge is 2.38. The minimum Gasteiger partial charge on any atom is -0.325 e. The van der Waals surface area contributed by atoms with E-state index in [1.165, 1.54) is 0 Å². The van der Waals surface area contributed by atoms with E-state index in [0.29, 0.717) is 17.3 Å². The Kier molecular flexibility index (Phi) is 5.94. The van der Waals surface area contributed by atoms with Crippen molar-refractivity contribution in [3.63, 3.8) is 0 Å². The van der Waals surface area contributed by atoms with Gasteiger partial charge in [0.15, 0.2) is 0 Å². The summed E-state index contributed by atoms with van der Waals surface area (Å²) in [6.45, 7) is 6.33. The Hall–Kier alpha value is -2.58. The zero-order valence-corrected chi connectivity index (χ0v) is 19.7. The Balaban J connectivity index is 1.76. The number of para-hydroxylation sites is 1. The third-order valence-electron chi connectivity index (χ3n) is 5.16. The van der Waals surface area contributed by atoms with Gasteiger partial charge in [-0.3, -0.25) is 19.2 Å². The van der Waals surface area contributed by atoms with Crippen LogP contribution in [0.2, 0.25) is 0 Å². The summed E-state index contributed by atoms with van der Waals surface area (Å²) in [5.41, 5.74) is 3.65. The Bertz CT molecular complexity index is 1080. The molecule has 0 saturated carbocycles. The van der Waals surface area contributed by atoms with Crippen molar-refractivity contribution in [3.8, 4) is 0 Å². The van der Waals surface area contributed by atoms with E-state index in [-0.39, 0.29) is 29.0 Å². The maximum Gasteiger partial charge on any atom is 0.244 e. The molecule has 2 amide bonds. The highest BCUT2D eigenvalue weighted by molar-refractivity contribution is 8.00. The second kappa shape index (κ2) is 8.51. The van der Waals surface area contributed by atoms with Crippen molar-refractivity contribution < 1.29 is 9.59 Å². The lowest BCUT2D eigenvalue weighted by atomic mass is 9.87. The maximum absolute atomic E-state index is 13.2. The van der Waals surface area contributed by atoms with Crippen LogP contribution in [0.3, 0.4) is 0 Å². The number of carbonyl (C=O) groups is 2. The molecule has 0 bridgehead atoms.